The number of nitrogens with zero attached hydrogens (tertiary/aromatic N) is 1. The molecule has 2 amide bonds. The Bertz CT molecular complexity index is 813. The van der Waals surface area contributed by atoms with Crippen molar-refractivity contribution in [2.24, 2.45) is 0 Å². The average molecular weight is 366 g/mol. The summed E-state index contributed by atoms with van der Waals surface area (Å²) in [5.74, 6) is 0.470. The standard InChI is InChI=1S/C22H26N2O3/c1-3-16(2)27-20-11-7-8-17(15-20)21(25)23-19-10-6-9-18(14-19)22(26)24-12-4-5-13-24/h6-11,14-16H,3-5,12-13H2,1-2H3,(H,23,25). The molecule has 0 bridgehead atoms. The monoisotopic (exact) mass is 366 g/mol. The highest BCUT2D eigenvalue weighted by Crippen LogP contribution is 2.19. The number of anilines is 1. The zero-order valence-corrected chi connectivity index (χ0v) is 15.9. The number of ether oxygens (including phenoxy) is 1. The van der Waals surface area contributed by atoms with Crippen LogP contribution in [0.25, 0.3) is 0 Å². The first kappa shape index (κ1) is 19.0. The molecule has 0 radical (unpaired) electrons. The van der Waals surface area contributed by atoms with Gasteiger partial charge < -0.3 is 15.0 Å². The smallest absolute Gasteiger partial charge is 0.255 e. The van der Waals surface area contributed by atoms with Gasteiger partial charge in [-0.05, 0) is 62.6 Å². The molecule has 27 heavy (non-hydrogen) atoms. The highest BCUT2D eigenvalue weighted by molar-refractivity contribution is 6.05. The SMILES string of the molecule is CCC(C)Oc1cccc(C(=O)Nc2cccc(C(=O)N3CCCC3)c2)c1. The van der Waals surface area contributed by atoms with E-state index in [9.17, 15) is 9.59 Å². The molecule has 1 aliphatic rings. The maximum atomic E-state index is 12.6. The van der Waals surface area contributed by atoms with Gasteiger partial charge >= 0.3 is 0 Å². The van der Waals surface area contributed by atoms with Crippen LogP contribution < -0.4 is 10.1 Å². The Morgan fingerprint density at radius 2 is 1.78 bits per heavy atom. The van der Waals surface area contributed by atoms with E-state index in [0.29, 0.717) is 22.6 Å². The quantitative estimate of drug-likeness (QED) is 0.827. The van der Waals surface area contributed by atoms with E-state index in [0.717, 1.165) is 32.4 Å². The fraction of sp³-hybridized carbons (Fsp3) is 0.364. The highest BCUT2D eigenvalue weighted by atomic mass is 16.5. The number of amides is 2. The second-order valence-corrected chi connectivity index (χ2v) is 6.90. The second kappa shape index (κ2) is 8.71. The first-order valence-corrected chi connectivity index (χ1v) is 9.54. The Kier molecular flexibility index (Phi) is 6.12. The van der Waals surface area contributed by atoms with Crippen LogP contribution in [0.3, 0.4) is 0 Å². The average Bonchev–Trinajstić information content (AvgIpc) is 3.22. The molecule has 1 N–H and O–H groups in total. The summed E-state index contributed by atoms with van der Waals surface area (Å²) in [6, 6.07) is 14.2. The van der Waals surface area contributed by atoms with Crippen LogP contribution in [-0.4, -0.2) is 35.9 Å². The molecule has 5 heteroatoms. The van der Waals surface area contributed by atoms with Crippen molar-refractivity contribution >= 4 is 17.5 Å². The van der Waals surface area contributed by atoms with Crippen molar-refractivity contribution in [3.05, 3.63) is 59.7 Å². The summed E-state index contributed by atoms with van der Waals surface area (Å²) in [6.07, 6.45) is 3.10. The number of benzene rings is 2. The van der Waals surface area contributed by atoms with Crippen molar-refractivity contribution in [2.75, 3.05) is 18.4 Å². The minimum atomic E-state index is -0.227. The number of carbonyl (C=O) groups excluding carboxylic acids is 2. The van der Waals surface area contributed by atoms with Gasteiger partial charge in [-0.1, -0.05) is 19.1 Å². The molecule has 3 rings (SSSR count). The number of hydrogen-bond donors (Lipinski definition) is 1. The van der Waals surface area contributed by atoms with Crippen molar-refractivity contribution in [2.45, 2.75) is 39.2 Å². The Morgan fingerprint density at radius 3 is 2.52 bits per heavy atom. The summed E-state index contributed by atoms with van der Waals surface area (Å²) in [6.45, 7) is 5.66. The lowest BCUT2D eigenvalue weighted by Gasteiger charge is -2.16. The van der Waals surface area contributed by atoms with Gasteiger partial charge in [0.05, 0.1) is 6.10 Å². The summed E-state index contributed by atoms with van der Waals surface area (Å²) in [7, 11) is 0. The Hall–Kier alpha value is -2.82. The van der Waals surface area contributed by atoms with Crippen LogP contribution in [-0.2, 0) is 0 Å². The summed E-state index contributed by atoms with van der Waals surface area (Å²) in [4.78, 5) is 27.0. The minimum absolute atomic E-state index is 0.0209. The number of nitrogens with one attached hydrogen (secondary N) is 1. The fourth-order valence-electron chi connectivity index (χ4n) is 3.06. The molecule has 0 aliphatic carbocycles. The van der Waals surface area contributed by atoms with Crippen LogP contribution in [0, 0.1) is 0 Å². The van der Waals surface area contributed by atoms with Gasteiger partial charge in [-0.15, -0.1) is 0 Å². The Labute approximate surface area is 160 Å². The molecule has 5 nitrogen and oxygen atoms in total. The van der Waals surface area contributed by atoms with E-state index in [1.165, 1.54) is 0 Å². The molecule has 0 saturated carbocycles. The second-order valence-electron chi connectivity index (χ2n) is 6.90. The van der Waals surface area contributed by atoms with Crippen molar-refractivity contribution in [1.29, 1.82) is 0 Å². The van der Waals surface area contributed by atoms with Gasteiger partial charge in [-0.25, -0.2) is 0 Å². The Balaban J connectivity index is 1.70. The fourth-order valence-corrected chi connectivity index (χ4v) is 3.06. The molecule has 142 valence electrons. The van der Waals surface area contributed by atoms with Gasteiger partial charge in [-0.3, -0.25) is 9.59 Å². The molecule has 0 spiro atoms. The van der Waals surface area contributed by atoms with E-state index in [4.69, 9.17) is 4.74 Å². The molecule has 2 aromatic carbocycles. The van der Waals surface area contributed by atoms with Crippen LogP contribution in [0.4, 0.5) is 5.69 Å². The van der Waals surface area contributed by atoms with Crippen LogP contribution in [0.1, 0.15) is 53.8 Å². The summed E-state index contributed by atoms with van der Waals surface area (Å²) >= 11 is 0. The molecular weight excluding hydrogens is 340 g/mol. The molecule has 1 atom stereocenters. The molecule has 0 aromatic heterocycles. The van der Waals surface area contributed by atoms with Gasteiger partial charge in [0.1, 0.15) is 5.75 Å². The van der Waals surface area contributed by atoms with E-state index in [2.05, 4.69) is 12.2 Å². The maximum absolute atomic E-state index is 12.6. The lowest BCUT2D eigenvalue weighted by Crippen LogP contribution is -2.27. The third-order valence-electron chi connectivity index (χ3n) is 4.77. The van der Waals surface area contributed by atoms with Gasteiger partial charge in [0, 0.05) is 29.9 Å². The maximum Gasteiger partial charge on any atom is 0.255 e. The number of rotatable bonds is 6. The molecule has 1 aliphatic heterocycles. The van der Waals surface area contributed by atoms with Crippen LogP contribution in [0.15, 0.2) is 48.5 Å². The number of likely N-dealkylation sites (tertiary alicyclic amines) is 1. The molecule has 2 aromatic rings. The van der Waals surface area contributed by atoms with Crippen molar-refractivity contribution in [3.8, 4) is 5.75 Å². The first-order valence-electron chi connectivity index (χ1n) is 9.54. The zero-order valence-electron chi connectivity index (χ0n) is 15.9. The van der Waals surface area contributed by atoms with Crippen molar-refractivity contribution < 1.29 is 14.3 Å². The molecular formula is C22H26N2O3. The number of carbonyl (C=O) groups is 2. The topological polar surface area (TPSA) is 58.6 Å². The molecule has 1 fully saturated rings. The Morgan fingerprint density at radius 1 is 1.07 bits per heavy atom. The van der Waals surface area contributed by atoms with E-state index in [1.54, 1.807) is 42.5 Å². The van der Waals surface area contributed by atoms with Crippen LogP contribution in [0.2, 0.25) is 0 Å². The predicted molar refractivity (Wildman–Crippen MR) is 106 cm³/mol. The van der Waals surface area contributed by atoms with E-state index >= 15 is 0 Å². The van der Waals surface area contributed by atoms with E-state index in [-0.39, 0.29) is 17.9 Å². The lowest BCUT2D eigenvalue weighted by atomic mass is 10.1. The number of hydrogen-bond acceptors (Lipinski definition) is 3. The first-order chi connectivity index (χ1) is 13.1. The van der Waals surface area contributed by atoms with Crippen molar-refractivity contribution in [1.82, 2.24) is 4.90 Å². The zero-order chi connectivity index (χ0) is 19.2. The van der Waals surface area contributed by atoms with E-state index < -0.39 is 0 Å². The normalized spacial score (nSPS) is 14.7. The largest absolute Gasteiger partial charge is 0.491 e. The molecule has 1 unspecified atom stereocenters. The van der Waals surface area contributed by atoms with Crippen LogP contribution in [0.5, 0.6) is 5.75 Å². The van der Waals surface area contributed by atoms with E-state index in [1.807, 2.05) is 17.9 Å². The minimum Gasteiger partial charge on any atom is -0.491 e. The van der Waals surface area contributed by atoms with Gasteiger partial charge in [0.15, 0.2) is 0 Å². The molecule has 1 heterocycles. The van der Waals surface area contributed by atoms with Crippen LogP contribution >= 0.6 is 0 Å². The summed E-state index contributed by atoms with van der Waals surface area (Å²) < 4.78 is 5.78. The highest BCUT2D eigenvalue weighted by Gasteiger charge is 2.19. The third-order valence-corrected chi connectivity index (χ3v) is 4.77. The van der Waals surface area contributed by atoms with Gasteiger partial charge in [0.2, 0.25) is 0 Å². The predicted octanol–water partition coefficient (Wildman–Crippen LogP) is 4.35. The third kappa shape index (κ3) is 4.88. The lowest BCUT2D eigenvalue weighted by molar-refractivity contribution is 0.0792. The van der Waals surface area contributed by atoms with Gasteiger partial charge in [0.25, 0.3) is 11.8 Å². The van der Waals surface area contributed by atoms with Crippen molar-refractivity contribution in [3.63, 3.8) is 0 Å². The molecule has 1 saturated heterocycles. The summed E-state index contributed by atoms with van der Waals surface area (Å²) in [5.41, 5.74) is 1.73. The van der Waals surface area contributed by atoms with Gasteiger partial charge in [-0.2, -0.15) is 0 Å². The summed E-state index contributed by atoms with van der Waals surface area (Å²) in [5, 5.41) is 2.87.